The van der Waals surface area contributed by atoms with E-state index in [0.29, 0.717) is 6.10 Å². The van der Waals surface area contributed by atoms with Crippen LogP contribution in [0.4, 0.5) is 0 Å². The minimum atomic E-state index is 0.403. The number of hydrogen-bond donors (Lipinski definition) is 0. The van der Waals surface area contributed by atoms with Crippen LogP contribution in [0.25, 0.3) is 0 Å². The molecule has 10 heavy (non-hydrogen) atoms. The highest BCUT2D eigenvalue weighted by Gasteiger charge is 2.19. The van der Waals surface area contributed by atoms with E-state index in [-0.39, 0.29) is 0 Å². The number of hydrogen-bond acceptors (Lipinski definition) is 1. The van der Waals surface area contributed by atoms with Crippen molar-refractivity contribution in [2.24, 2.45) is 5.92 Å². The van der Waals surface area contributed by atoms with Gasteiger partial charge in [-0.05, 0) is 26.2 Å². The summed E-state index contributed by atoms with van der Waals surface area (Å²) in [4.78, 5) is 0. The van der Waals surface area contributed by atoms with E-state index >= 15 is 0 Å². The highest BCUT2D eigenvalue weighted by atomic mass is 16.5. The summed E-state index contributed by atoms with van der Waals surface area (Å²) in [5, 5.41) is 0. The van der Waals surface area contributed by atoms with E-state index in [1.807, 2.05) is 0 Å². The third-order valence-electron chi connectivity index (χ3n) is 1.75. The Hall–Kier alpha value is -0.300. The Morgan fingerprint density at radius 3 is 2.60 bits per heavy atom. The summed E-state index contributed by atoms with van der Waals surface area (Å²) in [6.07, 6.45) is 3.81. The van der Waals surface area contributed by atoms with Crippen molar-refractivity contribution in [2.75, 3.05) is 6.61 Å². The Labute approximate surface area is 63.1 Å². The van der Waals surface area contributed by atoms with E-state index in [2.05, 4.69) is 26.8 Å². The lowest BCUT2D eigenvalue weighted by atomic mass is 10.1. The van der Waals surface area contributed by atoms with Gasteiger partial charge in [0.15, 0.2) is 0 Å². The first kappa shape index (κ1) is 7.80. The van der Waals surface area contributed by atoms with Gasteiger partial charge in [-0.1, -0.05) is 18.6 Å². The molecule has 1 nitrogen and oxygen atoms in total. The summed E-state index contributed by atoms with van der Waals surface area (Å²) >= 11 is 0. The molecule has 1 saturated heterocycles. The second-order valence-electron chi connectivity index (χ2n) is 3.46. The van der Waals surface area contributed by atoms with Crippen molar-refractivity contribution in [1.82, 2.24) is 0 Å². The van der Waals surface area contributed by atoms with Crippen LogP contribution in [0.15, 0.2) is 11.6 Å². The summed E-state index contributed by atoms with van der Waals surface area (Å²) in [5.41, 5.74) is 1.36. The monoisotopic (exact) mass is 140 g/mol. The summed E-state index contributed by atoms with van der Waals surface area (Å²) in [5.74, 6) is 0.751. The normalized spacial score (nSPS) is 32.3. The van der Waals surface area contributed by atoms with Crippen LogP contribution in [-0.2, 0) is 4.74 Å². The van der Waals surface area contributed by atoms with Crippen molar-refractivity contribution in [1.29, 1.82) is 0 Å². The molecule has 0 aromatic rings. The Balaban J connectivity index is 2.38. The highest BCUT2D eigenvalue weighted by molar-refractivity contribution is 5.00. The van der Waals surface area contributed by atoms with Gasteiger partial charge in [0.25, 0.3) is 0 Å². The molecule has 0 amide bonds. The van der Waals surface area contributed by atoms with E-state index < -0.39 is 0 Å². The topological polar surface area (TPSA) is 9.23 Å². The maximum absolute atomic E-state index is 5.50. The predicted molar refractivity (Wildman–Crippen MR) is 43.0 cm³/mol. The van der Waals surface area contributed by atoms with E-state index in [1.54, 1.807) is 0 Å². The van der Waals surface area contributed by atoms with Crippen LogP contribution < -0.4 is 0 Å². The number of ether oxygens (including phenoxy) is 1. The zero-order valence-electron chi connectivity index (χ0n) is 7.05. The van der Waals surface area contributed by atoms with Gasteiger partial charge in [-0.15, -0.1) is 0 Å². The smallest absolute Gasteiger partial charge is 0.0761 e. The van der Waals surface area contributed by atoms with Gasteiger partial charge in [-0.25, -0.2) is 0 Å². The Morgan fingerprint density at radius 2 is 2.20 bits per heavy atom. The summed E-state index contributed by atoms with van der Waals surface area (Å²) < 4.78 is 5.50. The van der Waals surface area contributed by atoms with E-state index in [1.165, 1.54) is 12.0 Å². The summed E-state index contributed by atoms with van der Waals surface area (Å²) in [7, 11) is 0. The molecule has 0 aliphatic carbocycles. The molecule has 1 heteroatoms. The van der Waals surface area contributed by atoms with Crippen LogP contribution in [0, 0.1) is 5.92 Å². The highest BCUT2D eigenvalue weighted by Crippen LogP contribution is 2.20. The lowest BCUT2D eigenvalue weighted by molar-refractivity contribution is 0.139. The Kier molecular flexibility index (Phi) is 2.50. The first-order chi connectivity index (χ1) is 4.68. The maximum atomic E-state index is 5.50. The molecule has 1 fully saturated rings. The predicted octanol–water partition coefficient (Wildman–Crippen LogP) is 2.38. The first-order valence-electron chi connectivity index (χ1n) is 3.95. The quantitative estimate of drug-likeness (QED) is 0.508. The van der Waals surface area contributed by atoms with Crippen LogP contribution in [0.5, 0.6) is 0 Å². The second kappa shape index (κ2) is 3.20. The van der Waals surface area contributed by atoms with Crippen LogP contribution in [0.3, 0.4) is 0 Å². The van der Waals surface area contributed by atoms with Gasteiger partial charge in [0, 0.05) is 0 Å². The first-order valence-corrected chi connectivity index (χ1v) is 3.95. The average molecular weight is 140 g/mol. The molecule has 0 aromatic carbocycles. The second-order valence-corrected chi connectivity index (χ2v) is 3.46. The molecule has 0 unspecified atom stereocenters. The van der Waals surface area contributed by atoms with Crippen LogP contribution in [-0.4, -0.2) is 12.7 Å². The molecule has 0 bridgehead atoms. The van der Waals surface area contributed by atoms with Crippen molar-refractivity contribution in [3.8, 4) is 0 Å². The van der Waals surface area contributed by atoms with Crippen molar-refractivity contribution in [2.45, 2.75) is 33.3 Å². The molecule has 0 N–H and O–H groups in total. The van der Waals surface area contributed by atoms with Crippen molar-refractivity contribution >= 4 is 0 Å². The molecule has 0 spiro atoms. The minimum absolute atomic E-state index is 0.403. The van der Waals surface area contributed by atoms with E-state index in [9.17, 15) is 0 Å². The molecule has 1 aliphatic heterocycles. The molecule has 2 atom stereocenters. The Bertz CT molecular complexity index is 134. The number of allylic oxidation sites excluding steroid dienone is 1. The van der Waals surface area contributed by atoms with E-state index in [0.717, 1.165) is 12.5 Å². The molecule has 1 aliphatic rings. The zero-order valence-corrected chi connectivity index (χ0v) is 7.05. The lowest BCUT2D eigenvalue weighted by Gasteiger charge is -2.01. The largest absolute Gasteiger partial charge is 0.374 e. The molecular formula is C9H16O. The molecular weight excluding hydrogens is 124 g/mol. The van der Waals surface area contributed by atoms with E-state index in [4.69, 9.17) is 4.74 Å². The van der Waals surface area contributed by atoms with Crippen molar-refractivity contribution in [3.63, 3.8) is 0 Å². The van der Waals surface area contributed by atoms with Crippen molar-refractivity contribution < 1.29 is 4.74 Å². The Morgan fingerprint density at radius 1 is 1.50 bits per heavy atom. The summed E-state index contributed by atoms with van der Waals surface area (Å²) in [6.45, 7) is 7.41. The fourth-order valence-electron chi connectivity index (χ4n) is 1.31. The number of rotatable bonds is 1. The van der Waals surface area contributed by atoms with Gasteiger partial charge in [-0.3, -0.25) is 0 Å². The molecule has 1 heterocycles. The standard InChI is InChI=1S/C9H16O/c1-7(2)4-9-5-8(3)6-10-9/h4,8-9H,5-6H2,1-3H3/t8-,9-/m0/s1. The molecule has 0 aromatic heterocycles. The molecule has 0 radical (unpaired) electrons. The fraction of sp³-hybridized carbons (Fsp3) is 0.778. The van der Waals surface area contributed by atoms with Crippen LogP contribution >= 0.6 is 0 Å². The minimum Gasteiger partial charge on any atom is -0.374 e. The average Bonchev–Trinajstić information content (AvgIpc) is 2.13. The van der Waals surface area contributed by atoms with Gasteiger partial charge in [0.2, 0.25) is 0 Å². The molecule has 1 rings (SSSR count). The SMILES string of the molecule is CC(C)=C[C@H]1C[C@H](C)CO1. The molecule has 0 saturated carbocycles. The van der Waals surface area contributed by atoms with Crippen molar-refractivity contribution in [3.05, 3.63) is 11.6 Å². The van der Waals surface area contributed by atoms with Gasteiger partial charge < -0.3 is 4.74 Å². The van der Waals surface area contributed by atoms with Gasteiger partial charge in [0.1, 0.15) is 0 Å². The fourth-order valence-corrected chi connectivity index (χ4v) is 1.31. The third-order valence-corrected chi connectivity index (χ3v) is 1.75. The lowest BCUT2D eigenvalue weighted by Crippen LogP contribution is -1.99. The van der Waals surface area contributed by atoms with Crippen LogP contribution in [0.2, 0.25) is 0 Å². The zero-order chi connectivity index (χ0) is 7.56. The maximum Gasteiger partial charge on any atom is 0.0761 e. The third kappa shape index (κ3) is 2.14. The molecule has 58 valence electrons. The van der Waals surface area contributed by atoms with Gasteiger partial charge >= 0.3 is 0 Å². The summed E-state index contributed by atoms with van der Waals surface area (Å²) in [6, 6.07) is 0. The van der Waals surface area contributed by atoms with Gasteiger partial charge in [-0.2, -0.15) is 0 Å². The van der Waals surface area contributed by atoms with Gasteiger partial charge in [0.05, 0.1) is 12.7 Å². The van der Waals surface area contributed by atoms with Crippen LogP contribution in [0.1, 0.15) is 27.2 Å².